The Morgan fingerprint density at radius 2 is 2.24 bits per heavy atom. The van der Waals surface area contributed by atoms with Crippen LogP contribution in [0.25, 0.3) is 11.3 Å². The molecule has 17 heavy (non-hydrogen) atoms. The Labute approximate surface area is 100 Å². The van der Waals surface area contributed by atoms with Crippen molar-refractivity contribution in [3.63, 3.8) is 0 Å². The fourth-order valence-electron chi connectivity index (χ4n) is 1.46. The predicted octanol–water partition coefficient (Wildman–Crippen LogP) is 2.67. The number of hydrogen-bond donors (Lipinski definition) is 2. The van der Waals surface area contributed by atoms with E-state index in [4.69, 9.17) is 0 Å². The predicted molar refractivity (Wildman–Crippen MR) is 67.5 cm³/mol. The van der Waals surface area contributed by atoms with Crippen molar-refractivity contribution in [1.82, 2.24) is 9.97 Å². The van der Waals surface area contributed by atoms with Crippen LogP contribution in [-0.4, -0.2) is 15.9 Å². The van der Waals surface area contributed by atoms with Gasteiger partial charge in [-0.05, 0) is 12.1 Å². The quantitative estimate of drug-likeness (QED) is 0.850. The highest BCUT2D eigenvalue weighted by molar-refractivity contribution is 5.92. The second kappa shape index (κ2) is 4.82. The number of imidazole rings is 1. The van der Waals surface area contributed by atoms with Crippen molar-refractivity contribution in [3.05, 3.63) is 36.8 Å². The largest absolute Gasteiger partial charge is 0.345 e. The van der Waals surface area contributed by atoms with Crippen LogP contribution in [0.2, 0.25) is 0 Å². The Bertz CT molecular complexity index is 503. The van der Waals surface area contributed by atoms with Crippen LogP contribution in [0.1, 0.15) is 13.8 Å². The molecule has 0 saturated heterocycles. The van der Waals surface area contributed by atoms with Gasteiger partial charge < -0.3 is 10.3 Å². The summed E-state index contributed by atoms with van der Waals surface area (Å²) in [5.41, 5.74) is 2.74. The third kappa shape index (κ3) is 2.72. The van der Waals surface area contributed by atoms with E-state index < -0.39 is 0 Å². The first-order chi connectivity index (χ1) is 8.16. The van der Waals surface area contributed by atoms with E-state index >= 15 is 0 Å². The lowest BCUT2D eigenvalue weighted by Crippen LogP contribution is -2.17. The van der Waals surface area contributed by atoms with Crippen LogP contribution in [0.4, 0.5) is 5.69 Å². The molecule has 88 valence electrons. The Balaban J connectivity index is 2.20. The van der Waals surface area contributed by atoms with Crippen molar-refractivity contribution in [2.75, 3.05) is 5.32 Å². The molecule has 4 heteroatoms. The molecule has 0 fully saturated rings. The maximum Gasteiger partial charge on any atom is 0.226 e. The highest BCUT2D eigenvalue weighted by Gasteiger charge is 2.07. The van der Waals surface area contributed by atoms with Gasteiger partial charge in [-0.2, -0.15) is 0 Å². The van der Waals surface area contributed by atoms with Gasteiger partial charge in [-0.25, -0.2) is 4.98 Å². The van der Waals surface area contributed by atoms with Gasteiger partial charge in [-0.3, -0.25) is 4.79 Å². The maximum atomic E-state index is 11.6. The summed E-state index contributed by atoms with van der Waals surface area (Å²) in [5.74, 6) is -0.00225. The van der Waals surface area contributed by atoms with Crippen molar-refractivity contribution in [1.29, 1.82) is 0 Å². The third-order valence-electron chi connectivity index (χ3n) is 2.46. The van der Waals surface area contributed by atoms with Crippen LogP contribution in [-0.2, 0) is 4.79 Å². The first kappa shape index (κ1) is 11.4. The molecule has 0 bridgehead atoms. The summed E-state index contributed by atoms with van der Waals surface area (Å²) in [4.78, 5) is 18.6. The number of aromatic amines is 1. The van der Waals surface area contributed by atoms with E-state index in [2.05, 4.69) is 15.3 Å². The maximum absolute atomic E-state index is 11.6. The van der Waals surface area contributed by atoms with E-state index in [9.17, 15) is 4.79 Å². The van der Waals surface area contributed by atoms with Crippen LogP contribution < -0.4 is 5.32 Å². The number of hydrogen-bond acceptors (Lipinski definition) is 2. The first-order valence-electron chi connectivity index (χ1n) is 5.56. The van der Waals surface area contributed by atoms with E-state index in [0.717, 1.165) is 16.9 Å². The Hall–Kier alpha value is -2.10. The van der Waals surface area contributed by atoms with Gasteiger partial charge in [-0.15, -0.1) is 0 Å². The van der Waals surface area contributed by atoms with Gasteiger partial charge >= 0.3 is 0 Å². The average molecular weight is 229 g/mol. The number of nitrogens with one attached hydrogen (secondary N) is 2. The van der Waals surface area contributed by atoms with Gasteiger partial charge in [0.1, 0.15) is 0 Å². The Morgan fingerprint density at radius 1 is 1.41 bits per heavy atom. The molecular formula is C13H15N3O. The molecule has 1 amide bonds. The van der Waals surface area contributed by atoms with Crippen molar-refractivity contribution in [3.8, 4) is 11.3 Å². The van der Waals surface area contributed by atoms with Crippen molar-refractivity contribution < 1.29 is 4.79 Å². The van der Waals surface area contributed by atoms with Crippen molar-refractivity contribution in [2.24, 2.45) is 5.92 Å². The fourth-order valence-corrected chi connectivity index (χ4v) is 1.46. The summed E-state index contributed by atoms with van der Waals surface area (Å²) in [5, 5.41) is 2.87. The summed E-state index contributed by atoms with van der Waals surface area (Å²) in [6.07, 6.45) is 3.39. The molecule has 0 radical (unpaired) electrons. The minimum absolute atomic E-state index is 0.0201. The molecule has 0 unspecified atom stereocenters. The van der Waals surface area contributed by atoms with Crippen molar-refractivity contribution >= 4 is 11.6 Å². The number of rotatable bonds is 3. The topological polar surface area (TPSA) is 57.8 Å². The lowest BCUT2D eigenvalue weighted by Gasteiger charge is -2.08. The molecule has 0 saturated carbocycles. The summed E-state index contributed by atoms with van der Waals surface area (Å²) in [7, 11) is 0. The molecule has 2 N–H and O–H groups in total. The standard InChI is InChI=1S/C13H15N3O/c1-9(2)13(17)16-11-5-3-4-10(6-11)12-7-14-8-15-12/h3-9H,1-2H3,(H,14,15)(H,16,17). The number of nitrogens with zero attached hydrogens (tertiary/aromatic N) is 1. The molecule has 0 aliphatic rings. The highest BCUT2D eigenvalue weighted by atomic mass is 16.1. The molecule has 1 aromatic carbocycles. The molecule has 0 atom stereocenters. The monoisotopic (exact) mass is 229 g/mol. The number of H-pyrrole nitrogens is 1. The summed E-state index contributed by atoms with van der Waals surface area (Å²) in [6, 6.07) is 7.68. The molecule has 2 aromatic rings. The number of amides is 1. The van der Waals surface area contributed by atoms with Crippen LogP contribution in [0.3, 0.4) is 0 Å². The summed E-state index contributed by atoms with van der Waals surface area (Å²) >= 11 is 0. The first-order valence-corrected chi connectivity index (χ1v) is 5.56. The van der Waals surface area contributed by atoms with Gasteiger partial charge in [0.05, 0.1) is 18.2 Å². The minimum atomic E-state index is -0.0224. The van der Waals surface area contributed by atoms with Crippen LogP contribution in [0, 0.1) is 5.92 Å². The zero-order chi connectivity index (χ0) is 12.3. The van der Waals surface area contributed by atoms with Gasteiger partial charge in [-0.1, -0.05) is 26.0 Å². The van der Waals surface area contributed by atoms with E-state index in [1.165, 1.54) is 0 Å². The average Bonchev–Trinajstić information content (AvgIpc) is 2.82. The molecule has 2 rings (SSSR count). The number of aromatic nitrogens is 2. The summed E-state index contributed by atoms with van der Waals surface area (Å²) < 4.78 is 0. The normalized spacial score (nSPS) is 10.5. The number of carbonyl (C=O) groups excluding carboxylic acids is 1. The molecule has 0 aliphatic carbocycles. The molecule has 0 aliphatic heterocycles. The number of anilines is 1. The van der Waals surface area contributed by atoms with Crippen LogP contribution >= 0.6 is 0 Å². The smallest absolute Gasteiger partial charge is 0.226 e. The van der Waals surface area contributed by atoms with E-state index in [0.29, 0.717) is 0 Å². The van der Waals surface area contributed by atoms with E-state index in [1.807, 2.05) is 38.1 Å². The SMILES string of the molecule is CC(C)C(=O)Nc1cccc(-c2cnc[nH]2)c1. The van der Waals surface area contributed by atoms with Gasteiger partial charge in [0, 0.05) is 17.2 Å². The molecule has 4 nitrogen and oxygen atoms in total. The Morgan fingerprint density at radius 3 is 2.88 bits per heavy atom. The molecule has 1 heterocycles. The lowest BCUT2D eigenvalue weighted by molar-refractivity contribution is -0.118. The van der Waals surface area contributed by atoms with Crippen LogP contribution in [0.15, 0.2) is 36.8 Å². The highest BCUT2D eigenvalue weighted by Crippen LogP contribution is 2.20. The molecule has 1 aromatic heterocycles. The third-order valence-corrected chi connectivity index (χ3v) is 2.46. The molecular weight excluding hydrogens is 214 g/mol. The van der Waals surface area contributed by atoms with E-state index in [-0.39, 0.29) is 11.8 Å². The van der Waals surface area contributed by atoms with Crippen molar-refractivity contribution in [2.45, 2.75) is 13.8 Å². The second-order valence-electron chi connectivity index (χ2n) is 4.19. The van der Waals surface area contributed by atoms with Gasteiger partial charge in [0.25, 0.3) is 0 Å². The zero-order valence-corrected chi connectivity index (χ0v) is 9.90. The Kier molecular flexibility index (Phi) is 3.23. The number of carbonyl (C=O) groups is 1. The minimum Gasteiger partial charge on any atom is -0.345 e. The van der Waals surface area contributed by atoms with Gasteiger partial charge in [0.15, 0.2) is 0 Å². The second-order valence-corrected chi connectivity index (χ2v) is 4.19. The lowest BCUT2D eigenvalue weighted by atomic mass is 10.1. The van der Waals surface area contributed by atoms with Gasteiger partial charge in [0.2, 0.25) is 5.91 Å². The fraction of sp³-hybridized carbons (Fsp3) is 0.231. The molecule has 0 spiro atoms. The summed E-state index contributed by atoms with van der Waals surface area (Å²) in [6.45, 7) is 3.74. The van der Waals surface area contributed by atoms with E-state index in [1.54, 1.807) is 12.5 Å². The zero-order valence-electron chi connectivity index (χ0n) is 9.90. The van der Waals surface area contributed by atoms with Crippen LogP contribution in [0.5, 0.6) is 0 Å². The number of benzene rings is 1.